The third-order valence-electron chi connectivity index (χ3n) is 6.08. The molecule has 0 unspecified atom stereocenters. The average Bonchev–Trinajstić information content (AvgIpc) is 3.54. The number of likely N-dealkylation sites (tertiary alicyclic amines) is 1. The molecule has 33 heavy (non-hydrogen) atoms. The molecule has 2 aliphatic heterocycles. The van der Waals surface area contributed by atoms with Crippen molar-refractivity contribution in [2.75, 3.05) is 38.1 Å². The number of nitrogens with zero attached hydrogens (tertiary/aromatic N) is 2. The Morgan fingerprint density at radius 3 is 2.48 bits per heavy atom. The van der Waals surface area contributed by atoms with Crippen LogP contribution in [0, 0.1) is 5.92 Å². The summed E-state index contributed by atoms with van der Waals surface area (Å²) in [6, 6.07) is 8.02. The van der Waals surface area contributed by atoms with Gasteiger partial charge >= 0.3 is 0 Å². The summed E-state index contributed by atoms with van der Waals surface area (Å²) < 4.78 is 38.5. The minimum absolute atomic E-state index is 0.0721. The first kappa shape index (κ1) is 23.3. The number of carbonyl (C=O) groups is 2. The van der Waals surface area contributed by atoms with Gasteiger partial charge in [0.05, 0.1) is 12.9 Å². The third kappa shape index (κ3) is 5.06. The molecule has 2 saturated heterocycles. The van der Waals surface area contributed by atoms with Gasteiger partial charge < -0.3 is 19.4 Å². The lowest BCUT2D eigenvalue weighted by Gasteiger charge is -2.30. The van der Waals surface area contributed by atoms with Gasteiger partial charge in [0, 0.05) is 37.8 Å². The number of ether oxygens (including phenoxy) is 1. The number of carbonyl (C=O) groups excluding carboxylic acids is 2. The second kappa shape index (κ2) is 9.96. The van der Waals surface area contributed by atoms with Crippen molar-refractivity contribution in [2.24, 2.45) is 5.92 Å². The lowest BCUT2D eigenvalue weighted by atomic mass is 9.95. The van der Waals surface area contributed by atoms with E-state index in [1.807, 2.05) is 0 Å². The molecule has 0 atom stereocenters. The summed E-state index contributed by atoms with van der Waals surface area (Å²) in [5.74, 6) is -0.0575. The average molecular weight is 476 g/mol. The lowest BCUT2D eigenvalue weighted by Crippen LogP contribution is -2.41. The number of amides is 2. The zero-order chi connectivity index (χ0) is 23.4. The van der Waals surface area contributed by atoms with Crippen molar-refractivity contribution in [1.29, 1.82) is 0 Å². The van der Waals surface area contributed by atoms with E-state index in [1.54, 1.807) is 36.1 Å². The third-order valence-corrected chi connectivity index (χ3v) is 8.00. The fourth-order valence-corrected chi connectivity index (χ4v) is 5.95. The zero-order valence-electron chi connectivity index (χ0n) is 18.7. The number of furan rings is 1. The number of anilines is 1. The van der Waals surface area contributed by atoms with E-state index >= 15 is 0 Å². The van der Waals surface area contributed by atoms with E-state index in [0.29, 0.717) is 57.1 Å². The van der Waals surface area contributed by atoms with Crippen molar-refractivity contribution in [3.8, 4) is 5.75 Å². The van der Waals surface area contributed by atoms with Crippen molar-refractivity contribution < 1.29 is 27.2 Å². The molecule has 2 fully saturated rings. The van der Waals surface area contributed by atoms with Crippen LogP contribution >= 0.6 is 0 Å². The van der Waals surface area contributed by atoms with Crippen LogP contribution in [0.2, 0.25) is 0 Å². The van der Waals surface area contributed by atoms with Crippen LogP contribution in [0.4, 0.5) is 5.69 Å². The fraction of sp³-hybridized carbons (Fsp3) is 0.478. The highest BCUT2D eigenvalue weighted by molar-refractivity contribution is 7.89. The quantitative estimate of drug-likeness (QED) is 0.660. The molecule has 4 rings (SSSR count). The molecule has 9 nitrogen and oxygen atoms in total. The highest BCUT2D eigenvalue weighted by Crippen LogP contribution is 2.32. The first-order chi connectivity index (χ1) is 15.9. The van der Waals surface area contributed by atoms with Crippen molar-refractivity contribution in [3.05, 3.63) is 42.4 Å². The number of nitrogens with one attached hydrogen (secondary N) is 1. The van der Waals surface area contributed by atoms with Gasteiger partial charge in [-0.25, -0.2) is 8.42 Å². The van der Waals surface area contributed by atoms with Crippen LogP contribution in [0.25, 0.3) is 0 Å². The summed E-state index contributed by atoms with van der Waals surface area (Å²) in [5.41, 5.74) is 0.412. The number of piperidine rings is 1. The monoisotopic (exact) mass is 475 g/mol. The molecule has 0 aliphatic carbocycles. The Morgan fingerprint density at radius 2 is 1.85 bits per heavy atom. The molecule has 0 saturated carbocycles. The molecule has 178 valence electrons. The van der Waals surface area contributed by atoms with Crippen molar-refractivity contribution in [3.63, 3.8) is 0 Å². The maximum Gasteiger partial charge on any atom is 0.289 e. The summed E-state index contributed by atoms with van der Waals surface area (Å²) in [4.78, 5) is 27.0. The molecule has 3 heterocycles. The van der Waals surface area contributed by atoms with E-state index in [9.17, 15) is 18.0 Å². The Hall–Kier alpha value is -2.85. The highest BCUT2D eigenvalue weighted by atomic mass is 32.2. The van der Waals surface area contributed by atoms with Crippen LogP contribution in [0.5, 0.6) is 5.75 Å². The van der Waals surface area contributed by atoms with Gasteiger partial charge in [-0.1, -0.05) is 0 Å². The molecular weight excluding hydrogens is 446 g/mol. The Morgan fingerprint density at radius 1 is 1.12 bits per heavy atom. The molecule has 1 N–H and O–H groups in total. The lowest BCUT2D eigenvalue weighted by molar-refractivity contribution is -0.121. The summed E-state index contributed by atoms with van der Waals surface area (Å²) in [7, 11) is -3.71. The minimum Gasteiger partial charge on any atom is -0.492 e. The van der Waals surface area contributed by atoms with E-state index < -0.39 is 10.0 Å². The van der Waals surface area contributed by atoms with Gasteiger partial charge in [-0.15, -0.1) is 0 Å². The minimum atomic E-state index is -3.71. The van der Waals surface area contributed by atoms with Gasteiger partial charge in [0.25, 0.3) is 5.91 Å². The van der Waals surface area contributed by atoms with Crippen LogP contribution in [0.15, 0.2) is 45.9 Å². The summed E-state index contributed by atoms with van der Waals surface area (Å²) in [6.07, 6.45) is 4.17. The Bertz CT molecular complexity index is 1090. The molecule has 1 aromatic carbocycles. The molecule has 0 spiro atoms. The van der Waals surface area contributed by atoms with Crippen LogP contribution in [-0.4, -0.2) is 62.2 Å². The first-order valence-corrected chi connectivity index (χ1v) is 12.7. The number of rotatable bonds is 7. The smallest absolute Gasteiger partial charge is 0.289 e. The predicted octanol–water partition coefficient (Wildman–Crippen LogP) is 2.95. The van der Waals surface area contributed by atoms with Gasteiger partial charge in [0.1, 0.15) is 10.6 Å². The molecule has 1 aromatic heterocycles. The Kier molecular flexibility index (Phi) is 7.04. The number of hydrogen-bond acceptors (Lipinski definition) is 6. The van der Waals surface area contributed by atoms with Crippen molar-refractivity contribution in [1.82, 2.24) is 9.21 Å². The molecule has 10 heteroatoms. The maximum atomic E-state index is 13.2. The van der Waals surface area contributed by atoms with E-state index in [1.165, 1.54) is 16.6 Å². The molecule has 0 bridgehead atoms. The van der Waals surface area contributed by atoms with Crippen LogP contribution < -0.4 is 10.1 Å². The second-order valence-electron chi connectivity index (χ2n) is 8.24. The Labute approximate surface area is 193 Å². The highest BCUT2D eigenvalue weighted by Gasteiger charge is 2.32. The van der Waals surface area contributed by atoms with E-state index in [4.69, 9.17) is 9.15 Å². The maximum absolute atomic E-state index is 13.2. The molecule has 2 amide bonds. The first-order valence-electron chi connectivity index (χ1n) is 11.3. The zero-order valence-corrected chi connectivity index (χ0v) is 19.5. The van der Waals surface area contributed by atoms with Crippen LogP contribution in [0.1, 0.15) is 43.2 Å². The van der Waals surface area contributed by atoms with Crippen LogP contribution in [0.3, 0.4) is 0 Å². The van der Waals surface area contributed by atoms with Crippen LogP contribution in [-0.2, 0) is 14.8 Å². The van der Waals surface area contributed by atoms with E-state index in [-0.39, 0.29) is 28.4 Å². The van der Waals surface area contributed by atoms with Gasteiger partial charge in [-0.2, -0.15) is 4.31 Å². The van der Waals surface area contributed by atoms with Gasteiger partial charge in [0.2, 0.25) is 15.9 Å². The fourth-order valence-electron chi connectivity index (χ4n) is 4.27. The summed E-state index contributed by atoms with van der Waals surface area (Å²) in [6.45, 7) is 4.01. The normalized spacial score (nSPS) is 17.8. The van der Waals surface area contributed by atoms with Gasteiger partial charge in [0.15, 0.2) is 5.76 Å². The standard InChI is InChI=1S/C23H29N3O6S/c1-2-31-19-8-7-18(16-21(19)33(29,30)26-11-3-4-12-26)24-22(27)17-9-13-25(14-10-17)23(28)20-6-5-15-32-20/h5-8,15-17H,2-4,9-14H2,1H3,(H,24,27). The number of sulfonamides is 1. The summed E-state index contributed by atoms with van der Waals surface area (Å²) >= 11 is 0. The number of benzene rings is 1. The SMILES string of the molecule is CCOc1ccc(NC(=O)C2CCN(C(=O)c3ccco3)CC2)cc1S(=O)(=O)N1CCCC1. The van der Waals surface area contributed by atoms with Gasteiger partial charge in [-0.05, 0) is 62.9 Å². The van der Waals surface area contributed by atoms with E-state index in [2.05, 4.69) is 5.32 Å². The molecule has 2 aliphatic rings. The molecule has 2 aromatic rings. The largest absolute Gasteiger partial charge is 0.492 e. The van der Waals surface area contributed by atoms with E-state index in [0.717, 1.165) is 12.8 Å². The van der Waals surface area contributed by atoms with Crippen molar-refractivity contribution >= 4 is 27.5 Å². The van der Waals surface area contributed by atoms with Gasteiger partial charge in [-0.3, -0.25) is 9.59 Å². The predicted molar refractivity (Wildman–Crippen MR) is 122 cm³/mol. The Balaban J connectivity index is 1.43. The number of hydrogen-bond donors (Lipinski definition) is 1. The molecular formula is C23H29N3O6S. The van der Waals surface area contributed by atoms with Crippen molar-refractivity contribution in [2.45, 2.75) is 37.5 Å². The topological polar surface area (TPSA) is 109 Å². The molecule has 0 radical (unpaired) electrons. The second-order valence-corrected chi connectivity index (χ2v) is 10.1. The summed E-state index contributed by atoms with van der Waals surface area (Å²) in [5, 5.41) is 2.86.